The average molecular weight is 410 g/mol. The molecule has 1 amide bonds. The fraction of sp³-hybridized carbons (Fsp3) is 0.250. The normalized spacial score (nSPS) is 20.6. The van der Waals surface area contributed by atoms with Gasteiger partial charge in [0.25, 0.3) is 0 Å². The van der Waals surface area contributed by atoms with Crippen LogP contribution in [0.4, 0.5) is 5.82 Å². The summed E-state index contributed by atoms with van der Waals surface area (Å²) >= 11 is 0. The molecule has 3 rings (SSSR count). The second-order valence-electron chi connectivity index (χ2n) is 6.73. The highest BCUT2D eigenvalue weighted by Crippen LogP contribution is 2.45. The van der Waals surface area contributed by atoms with Gasteiger partial charge in [-0.1, -0.05) is 18.2 Å². The number of guanidine groups is 1. The SMILES string of the molecule is COc1ccc(C[C@@]2(C(=O)O)[C@@H](CC=NN=C(N)N)C(=O)N2c2ccccn2)cc1. The van der Waals surface area contributed by atoms with Crippen molar-refractivity contribution in [3.63, 3.8) is 0 Å². The predicted molar refractivity (Wildman–Crippen MR) is 111 cm³/mol. The number of β-lactam (4-membered cyclic amide) rings is 1. The number of anilines is 1. The van der Waals surface area contributed by atoms with Gasteiger partial charge in [0, 0.05) is 18.8 Å². The second-order valence-corrected chi connectivity index (χ2v) is 6.73. The molecule has 156 valence electrons. The van der Waals surface area contributed by atoms with Crippen molar-refractivity contribution in [3.05, 3.63) is 54.2 Å². The third-order valence-corrected chi connectivity index (χ3v) is 4.97. The first kappa shape index (κ1) is 20.8. The number of hydrogen-bond donors (Lipinski definition) is 3. The van der Waals surface area contributed by atoms with Crippen LogP contribution in [0.15, 0.2) is 58.9 Å². The van der Waals surface area contributed by atoms with E-state index in [1.165, 1.54) is 17.3 Å². The molecule has 10 nitrogen and oxygen atoms in total. The molecule has 1 aromatic carbocycles. The van der Waals surface area contributed by atoms with Gasteiger partial charge in [-0.2, -0.15) is 5.10 Å². The van der Waals surface area contributed by atoms with Gasteiger partial charge in [0.1, 0.15) is 11.6 Å². The molecule has 2 heterocycles. The van der Waals surface area contributed by atoms with Crippen LogP contribution in [-0.2, 0) is 16.0 Å². The summed E-state index contributed by atoms with van der Waals surface area (Å²) in [6.07, 6.45) is 2.98. The Morgan fingerprint density at radius 2 is 2.03 bits per heavy atom. The summed E-state index contributed by atoms with van der Waals surface area (Å²) < 4.78 is 5.16. The minimum atomic E-state index is -1.54. The van der Waals surface area contributed by atoms with Gasteiger partial charge in [0.15, 0.2) is 5.54 Å². The fourth-order valence-corrected chi connectivity index (χ4v) is 3.58. The molecule has 1 fully saturated rings. The summed E-state index contributed by atoms with van der Waals surface area (Å²) in [5.41, 5.74) is 9.67. The number of benzene rings is 1. The van der Waals surface area contributed by atoms with E-state index in [4.69, 9.17) is 16.2 Å². The number of ether oxygens (including phenoxy) is 1. The van der Waals surface area contributed by atoms with Gasteiger partial charge in [-0.15, -0.1) is 5.10 Å². The zero-order valence-corrected chi connectivity index (χ0v) is 16.3. The maximum Gasteiger partial charge on any atom is 0.331 e. The molecule has 1 aromatic heterocycles. The Labute approximate surface area is 172 Å². The Bertz CT molecular complexity index is 973. The minimum Gasteiger partial charge on any atom is -0.497 e. The quantitative estimate of drug-likeness (QED) is 0.251. The van der Waals surface area contributed by atoms with E-state index < -0.39 is 17.4 Å². The summed E-state index contributed by atoms with van der Waals surface area (Å²) in [7, 11) is 1.55. The van der Waals surface area contributed by atoms with Gasteiger partial charge in [-0.05, 0) is 36.2 Å². The lowest BCUT2D eigenvalue weighted by molar-refractivity contribution is -0.157. The Morgan fingerprint density at radius 3 is 2.60 bits per heavy atom. The summed E-state index contributed by atoms with van der Waals surface area (Å²) in [6, 6.07) is 12.0. The van der Waals surface area contributed by atoms with Crippen LogP contribution >= 0.6 is 0 Å². The van der Waals surface area contributed by atoms with Crippen LogP contribution < -0.4 is 21.1 Å². The Hall–Kier alpha value is -3.95. The molecule has 2 aromatic rings. The van der Waals surface area contributed by atoms with E-state index in [0.29, 0.717) is 5.75 Å². The number of nitrogens with two attached hydrogens (primary N) is 2. The van der Waals surface area contributed by atoms with Crippen LogP contribution in [-0.4, -0.2) is 46.8 Å². The standard InChI is InChI=1S/C20H22N6O4/c1-30-14-7-5-13(6-8-14)12-20(18(28)29)15(9-11-24-25-19(21)22)17(27)26(20)16-4-2-3-10-23-16/h2-8,10-11,15H,9,12H2,1H3,(H,28,29)(H4,21,22,25)/t15-,20-/m0/s1. The maximum absolute atomic E-state index is 13.0. The van der Waals surface area contributed by atoms with Gasteiger partial charge in [-0.3, -0.25) is 9.69 Å². The highest BCUT2D eigenvalue weighted by atomic mass is 16.5. The van der Waals surface area contributed by atoms with E-state index in [0.717, 1.165) is 5.56 Å². The summed E-state index contributed by atoms with van der Waals surface area (Å²) in [6.45, 7) is 0. The number of amides is 1. The van der Waals surface area contributed by atoms with Crippen molar-refractivity contribution in [2.45, 2.75) is 18.4 Å². The predicted octanol–water partition coefficient (Wildman–Crippen LogP) is 0.768. The molecule has 1 aliphatic heterocycles. The van der Waals surface area contributed by atoms with Gasteiger partial charge in [-0.25, -0.2) is 9.78 Å². The largest absolute Gasteiger partial charge is 0.497 e. The molecule has 0 aliphatic carbocycles. The van der Waals surface area contributed by atoms with E-state index in [2.05, 4.69) is 15.2 Å². The van der Waals surface area contributed by atoms with Crippen molar-refractivity contribution in [2.24, 2.45) is 27.6 Å². The number of rotatable bonds is 8. The lowest BCUT2D eigenvalue weighted by Gasteiger charge is -2.54. The molecular formula is C20H22N6O4. The third kappa shape index (κ3) is 3.79. The summed E-state index contributed by atoms with van der Waals surface area (Å²) in [5, 5.41) is 17.4. The monoisotopic (exact) mass is 410 g/mol. The van der Waals surface area contributed by atoms with E-state index in [-0.39, 0.29) is 30.5 Å². The van der Waals surface area contributed by atoms with E-state index >= 15 is 0 Å². The number of carboxylic acids is 1. The average Bonchev–Trinajstić information content (AvgIpc) is 2.73. The van der Waals surface area contributed by atoms with E-state index in [1.54, 1.807) is 49.6 Å². The third-order valence-electron chi connectivity index (χ3n) is 4.97. The van der Waals surface area contributed by atoms with Gasteiger partial charge in [0.05, 0.1) is 13.0 Å². The molecule has 0 unspecified atom stereocenters. The molecule has 1 saturated heterocycles. The molecule has 0 bridgehead atoms. The summed E-state index contributed by atoms with van der Waals surface area (Å²) in [5.74, 6) is -1.67. The van der Waals surface area contributed by atoms with Gasteiger partial charge >= 0.3 is 5.97 Å². The molecule has 5 N–H and O–H groups in total. The number of carboxylic acid groups (broad SMARTS) is 1. The van der Waals surface area contributed by atoms with Gasteiger partial charge < -0.3 is 21.3 Å². The lowest BCUT2D eigenvalue weighted by Crippen LogP contribution is -2.76. The first-order valence-electron chi connectivity index (χ1n) is 9.12. The number of aromatic nitrogens is 1. The Kier molecular flexibility index (Phi) is 5.95. The molecule has 0 saturated carbocycles. The van der Waals surface area contributed by atoms with Crippen LogP contribution in [0, 0.1) is 5.92 Å². The zero-order chi connectivity index (χ0) is 21.7. The molecule has 30 heavy (non-hydrogen) atoms. The first-order chi connectivity index (χ1) is 14.4. The van der Waals surface area contributed by atoms with Crippen LogP contribution in [0.3, 0.4) is 0 Å². The lowest BCUT2D eigenvalue weighted by atomic mass is 9.68. The van der Waals surface area contributed by atoms with Crippen LogP contribution in [0.25, 0.3) is 0 Å². The number of nitrogens with zero attached hydrogens (tertiary/aromatic N) is 4. The number of carbonyl (C=O) groups is 2. The van der Waals surface area contributed by atoms with Crippen molar-refractivity contribution in [3.8, 4) is 5.75 Å². The minimum absolute atomic E-state index is 0.0569. The fourth-order valence-electron chi connectivity index (χ4n) is 3.58. The topological polar surface area (TPSA) is 156 Å². The van der Waals surface area contributed by atoms with Crippen LogP contribution in [0.1, 0.15) is 12.0 Å². The Morgan fingerprint density at radius 1 is 1.30 bits per heavy atom. The number of hydrogen-bond acceptors (Lipinski definition) is 6. The molecular weight excluding hydrogens is 388 g/mol. The Balaban J connectivity index is 2.00. The van der Waals surface area contributed by atoms with Crippen molar-refractivity contribution >= 4 is 29.9 Å². The molecule has 1 aliphatic rings. The second kappa shape index (κ2) is 8.60. The van der Waals surface area contributed by atoms with E-state index in [9.17, 15) is 14.7 Å². The highest BCUT2D eigenvalue weighted by Gasteiger charge is 2.65. The zero-order valence-electron chi connectivity index (χ0n) is 16.3. The van der Waals surface area contributed by atoms with Crippen LogP contribution in [0.2, 0.25) is 0 Å². The van der Waals surface area contributed by atoms with Gasteiger partial charge in [0.2, 0.25) is 11.9 Å². The molecule has 0 spiro atoms. The molecule has 2 atom stereocenters. The maximum atomic E-state index is 13.0. The number of methoxy groups -OCH3 is 1. The molecule has 0 radical (unpaired) electrons. The van der Waals surface area contributed by atoms with E-state index in [1.807, 2.05) is 0 Å². The van der Waals surface area contributed by atoms with Crippen molar-refractivity contribution in [1.82, 2.24) is 4.98 Å². The van der Waals surface area contributed by atoms with Crippen LogP contribution in [0.5, 0.6) is 5.75 Å². The van der Waals surface area contributed by atoms with Crippen molar-refractivity contribution in [2.75, 3.05) is 12.0 Å². The number of pyridine rings is 1. The molecule has 10 heteroatoms. The number of carbonyl (C=O) groups excluding carboxylic acids is 1. The van der Waals surface area contributed by atoms with Crippen molar-refractivity contribution < 1.29 is 19.4 Å². The highest BCUT2D eigenvalue weighted by molar-refractivity contribution is 6.14. The number of aliphatic carboxylic acids is 1. The first-order valence-corrected chi connectivity index (χ1v) is 9.12. The van der Waals surface area contributed by atoms with Crippen molar-refractivity contribution in [1.29, 1.82) is 0 Å². The smallest absolute Gasteiger partial charge is 0.331 e. The summed E-state index contributed by atoms with van der Waals surface area (Å²) in [4.78, 5) is 30.9.